The zero-order valence-electron chi connectivity index (χ0n) is 15.5. The van der Waals surface area contributed by atoms with Gasteiger partial charge in [0.1, 0.15) is 11.4 Å². The van der Waals surface area contributed by atoms with Gasteiger partial charge in [-0.2, -0.15) is 0 Å². The lowest BCUT2D eigenvalue weighted by Crippen LogP contribution is -2.59. The van der Waals surface area contributed by atoms with Gasteiger partial charge in [0, 0.05) is 11.6 Å². The quantitative estimate of drug-likeness (QED) is 0.782. The molecule has 2 aliphatic rings. The monoisotopic (exact) mass is 415 g/mol. The van der Waals surface area contributed by atoms with Crippen LogP contribution in [-0.2, 0) is 11.3 Å². The first kappa shape index (κ1) is 19.4. The van der Waals surface area contributed by atoms with Gasteiger partial charge in [0.15, 0.2) is 0 Å². The first-order valence-corrected chi connectivity index (χ1v) is 9.70. The second kappa shape index (κ2) is 7.48. The van der Waals surface area contributed by atoms with Crippen molar-refractivity contribution >= 4 is 29.4 Å². The Hall–Kier alpha value is -2.93. The summed E-state index contributed by atoms with van der Waals surface area (Å²) in [7, 11) is 0. The lowest BCUT2D eigenvalue weighted by atomic mass is 9.88. The Bertz CT molecular complexity index is 984. The number of hydrogen-bond donors (Lipinski definition) is 1. The summed E-state index contributed by atoms with van der Waals surface area (Å²) in [6.45, 7) is 0.520. The Kier molecular flexibility index (Phi) is 5.00. The normalized spacial score (nSPS) is 21.6. The van der Waals surface area contributed by atoms with Crippen molar-refractivity contribution in [3.05, 3.63) is 70.5 Å². The lowest BCUT2D eigenvalue weighted by molar-refractivity contribution is -0.133. The van der Waals surface area contributed by atoms with Crippen LogP contribution in [0.5, 0.6) is 0 Å². The first-order chi connectivity index (χ1) is 13.9. The van der Waals surface area contributed by atoms with E-state index in [4.69, 9.17) is 11.6 Å². The molecule has 0 aromatic heterocycles. The number of piperidine rings is 1. The number of likely N-dealkylation sites (tertiary alicyclic amines) is 1. The number of nitrogens with zero attached hydrogens (tertiary/aromatic N) is 2. The van der Waals surface area contributed by atoms with Crippen molar-refractivity contribution in [2.24, 2.45) is 0 Å². The average Bonchev–Trinajstić information content (AvgIpc) is 2.94. The van der Waals surface area contributed by atoms with E-state index in [1.807, 2.05) is 30.3 Å². The predicted molar refractivity (Wildman–Crippen MR) is 105 cm³/mol. The first-order valence-electron chi connectivity index (χ1n) is 9.32. The molecule has 150 valence electrons. The molecule has 4 amide bonds. The number of rotatable bonds is 3. The molecule has 0 saturated carbocycles. The highest BCUT2D eigenvalue weighted by atomic mass is 35.5. The van der Waals surface area contributed by atoms with Crippen LogP contribution in [0.2, 0.25) is 5.02 Å². The molecule has 0 unspecified atom stereocenters. The second-order valence-electron chi connectivity index (χ2n) is 7.34. The van der Waals surface area contributed by atoms with Crippen molar-refractivity contribution in [3.8, 4) is 0 Å². The predicted octanol–water partition coefficient (Wildman–Crippen LogP) is 3.21. The Morgan fingerprint density at radius 2 is 1.93 bits per heavy atom. The van der Waals surface area contributed by atoms with E-state index in [0.29, 0.717) is 19.4 Å². The summed E-state index contributed by atoms with van der Waals surface area (Å²) in [4.78, 5) is 41.1. The molecule has 0 radical (unpaired) electrons. The van der Waals surface area contributed by atoms with Gasteiger partial charge in [-0.1, -0.05) is 41.9 Å². The molecular formula is C21H19ClFN3O3. The van der Waals surface area contributed by atoms with Gasteiger partial charge in [-0.25, -0.2) is 9.18 Å². The molecular weight excluding hydrogens is 397 g/mol. The van der Waals surface area contributed by atoms with E-state index in [2.05, 4.69) is 5.32 Å². The number of urea groups is 1. The number of hydrogen-bond acceptors (Lipinski definition) is 3. The molecule has 2 aliphatic heterocycles. The molecule has 1 N–H and O–H groups in total. The Labute approximate surface area is 172 Å². The number of carbonyl (C=O) groups excluding carboxylic acids is 3. The van der Waals surface area contributed by atoms with E-state index in [-0.39, 0.29) is 29.6 Å². The summed E-state index contributed by atoms with van der Waals surface area (Å²) in [5.74, 6) is -1.59. The Balaban J connectivity index is 1.55. The molecule has 2 fully saturated rings. The molecule has 2 aromatic rings. The van der Waals surface area contributed by atoms with Crippen molar-refractivity contribution in [1.82, 2.24) is 15.1 Å². The van der Waals surface area contributed by atoms with Crippen LogP contribution in [-0.4, -0.2) is 46.3 Å². The van der Waals surface area contributed by atoms with Gasteiger partial charge >= 0.3 is 6.03 Å². The van der Waals surface area contributed by atoms with Gasteiger partial charge in [0.25, 0.3) is 11.8 Å². The van der Waals surface area contributed by atoms with Crippen molar-refractivity contribution in [2.75, 3.05) is 13.1 Å². The smallest absolute Gasteiger partial charge is 0.325 e. The van der Waals surface area contributed by atoms with E-state index in [9.17, 15) is 18.8 Å². The Morgan fingerprint density at radius 3 is 2.69 bits per heavy atom. The zero-order chi connectivity index (χ0) is 20.6. The third-order valence-corrected chi connectivity index (χ3v) is 5.60. The molecule has 2 saturated heterocycles. The summed E-state index contributed by atoms with van der Waals surface area (Å²) < 4.78 is 14.1. The minimum absolute atomic E-state index is 0.00630. The number of nitrogens with one attached hydrogen (secondary N) is 1. The molecule has 4 rings (SSSR count). The SMILES string of the molecule is O=C(c1cc(Cl)ccc1F)N1CCC[C@]2(C1)NC(=O)N(Cc1ccccc1)C2=O. The van der Waals surface area contributed by atoms with Gasteiger partial charge in [-0.3, -0.25) is 14.5 Å². The maximum absolute atomic E-state index is 14.1. The summed E-state index contributed by atoms with van der Waals surface area (Å²) in [6.07, 6.45) is 0.934. The topological polar surface area (TPSA) is 69.7 Å². The molecule has 0 aliphatic carbocycles. The third-order valence-electron chi connectivity index (χ3n) is 5.37. The van der Waals surface area contributed by atoms with E-state index < -0.39 is 23.3 Å². The van der Waals surface area contributed by atoms with Crippen LogP contribution in [0.15, 0.2) is 48.5 Å². The van der Waals surface area contributed by atoms with Crippen molar-refractivity contribution in [3.63, 3.8) is 0 Å². The second-order valence-corrected chi connectivity index (χ2v) is 7.78. The minimum atomic E-state index is -1.19. The standard InChI is InChI=1S/C21H19ClFN3O3/c22-15-7-8-17(23)16(11-15)18(27)25-10-4-9-21(13-25)19(28)26(20(29)24-21)12-14-5-2-1-3-6-14/h1-3,5-8,11H,4,9-10,12-13H2,(H,24,29)/t21-/m1/s1. The van der Waals surface area contributed by atoms with E-state index in [1.54, 1.807) is 0 Å². The number of carbonyl (C=O) groups is 3. The lowest BCUT2D eigenvalue weighted by Gasteiger charge is -2.38. The van der Waals surface area contributed by atoms with Crippen LogP contribution in [0.4, 0.5) is 9.18 Å². The molecule has 29 heavy (non-hydrogen) atoms. The third kappa shape index (κ3) is 3.58. The summed E-state index contributed by atoms with van der Waals surface area (Å²) in [5.41, 5.74) is -0.500. The van der Waals surface area contributed by atoms with Crippen LogP contribution in [0.25, 0.3) is 0 Å². The molecule has 6 nitrogen and oxygen atoms in total. The fourth-order valence-corrected chi connectivity index (χ4v) is 4.10. The van der Waals surface area contributed by atoms with Gasteiger partial charge in [-0.15, -0.1) is 0 Å². The summed E-state index contributed by atoms with van der Waals surface area (Å²) in [6, 6.07) is 12.5. The highest BCUT2D eigenvalue weighted by Gasteiger charge is 2.53. The van der Waals surface area contributed by atoms with Crippen LogP contribution < -0.4 is 5.32 Å². The number of amides is 4. The molecule has 1 spiro atoms. The van der Waals surface area contributed by atoms with E-state index in [0.717, 1.165) is 11.6 Å². The zero-order valence-corrected chi connectivity index (χ0v) is 16.3. The minimum Gasteiger partial charge on any atom is -0.336 e. The molecule has 2 heterocycles. The number of imide groups is 1. The maximum Gasteiger partial charge on any atom is 0.325 e. The van der Waals surface area contributed by atoms with Gasteiger partial charge in [-0.05, 0) is 36.6 Å². The van der Waals surface area contributed by atoms with Gasteiger partial charge in [0.05, 0.1) is 18.7 Å². The van der Waals surface area contributed by atoms with Gasteiger partial charge < -0.3 is 10.2 Å². The summed E-state index contributed by atoms with van der Waals surface area (Å²) >= 11 is 5.90. The molecule has 8 heteroatoms. The van der Waals surface area contributed by atoms with Crippen molar-refractivity contribution in [2.45, 2.75) is 24.9 Å². The van der Waals surface area contributed by atoms with Crippen molar-refractivity contribution < 1.29 is 18.8 Å². The van der Waals surface area contributed by atoms with Crippen molar-refractivity contribution in [1.29, 1.82) is 0 Å². The number of benzene rings is 2. The molecule has 0 bridgehead atoms. The van der Waals surface area contributed by atoms with Crippen LogP contribution in [0.1, 0.15) is 28.8 Å². The average molecular weight is 416 g/mol. The fourth-order valence-electron chi connectivity index (χ4n) is 3.92. The fraction of sp³-hybridized carbons (Fsp3) is 0.286. The molecule has 2 aromatic carbocycles. The number of halogens is 2. The maximum atomic E-state index is 14.1. The van der Waals surface area contributed by atoms with E-state index in [1.165, 1.54) is 21.9 Å². The Morgan fingerprint density at radius 1 is 1.17 bits per heavy atom. The molecule has 1 atom stereocenters. The highest BCUT2D eigenvalue weighted by Crippen LogP contribution is 2.30. The van der Waals surface area contributed by atoms with Gasteiger partial charge in [0.2, 0.25) is 0 Å². The summed E-state index contributed by atoms with van der Waals surface area (Å²) in [5, 5.41) is 3.03. The van der Waals surface area contributed by atoms with Crippen LogP contribution in [0.3, 0.4) is 0 Å². The van der Waals surface area contributed by atoms with Crippen LogP contribution in [0, 0.1) is 5.82 Å². The van der Waals surface area contributed by atoms with Crippen LogP contribution >= 0.6 is 11.6 Å². The van der Waals surface area contributed by atoms with E-state index >= 15 is 0 Å². The largest absolute Gasteiger partial charge is 0.336 e. The highest BCUT2D eigenvalue weighted by molar-refractivity contribution is 6.31.